The minimum Gasteiger partial charge on any atom is -0.351 e. The molecule has 0 aliphatic carbocycles. The van der Waals surface area contributed by atoms with Crippen molar-refractivity contribution in [3.63, 3.8) is 0 Å². The van der Waals surface area contributed by atoms with Crippen molar-refractivity contribution in [3.05, 3.63) is 29.8 Å². The molecule has 0 spiro atoms. The lowest BCUT2D eigenvalue weighted by Crippen LogP contribution is -2.46. The normalized spacial score (nSPS) is 23.6. The molecule has 1 aromatic carbocycles. The maximum Gasteiger partial charge on any atom is 0.220 e. The molecule has 1 aromatic rings. The van der Waals surface area contributed by atoms with Gasteiger partial charge in [0.25, 0.3) is 0 Å². The highest BCUT2D eigenvalue weighted by Gasteiger charge is 2.46. The van der Waals surface area contributed by atoms with Crippen molar-refractivity contribution < 1.29 is 21.6 Å². The lowest BCUT2D eigenvalue weighted by atomic mass is 10.2. The van der Waals surface area contributed by atoms with Gasteiger partial charge in [0.1, 0.15) is 5.25 Å². The summed E-state index contributed by atoms with van der Waals surface area (Å²) in [5.41, 5.74) is 0.913. The van der Waals surface area contributed by atoms with Crippen molar-refractivity contribution in [3.8, 4) is 0 Å². The van der Waals surface area contributed by atoms with Crippen LogP contribution in [-0.4, -0.2) is 45.5 Å². The van der Waals surface area contributed by atoms with Crippen LogP contribution in [0.25, 0.3) is 0 Å². The monoisotopic (exact) mass is 359 g/mol. The van der Waals surface area contributed by atoms with Gasteiger partial charge < -0.3 is 5.32 Å². The number of aryl methyl sites for hydroxylation is 1. The van der Waals surface area contributed by atoms with Crippen LogP contribution in [0.5, 0.6) is 0 Å². The van der Waals surface area contributed by atoms with E-state index in [1.54, 1.807) is 12.1 Å². The molecule has 1 saturated heterocycles. The Morgan fingerprint density at radius 3 is 2.39 bits per heavy atom. The van der Waals surface area contributed by atoms with Crippen molar-refractivity contribution in [1.29, 1.82) is 0 Å². The summed E-state index contributed by atoms with van der Waals surface area (Å²) in [6.45, 7) is 3.66. The Morgan fingerprint density at radius 2 is 1.83 bits per heavy atom. The second-order valence-electron chi connectivity index (χ2n) is 5.90. The lowest BCUT2D eigenvalue weighted by Gasteiger charge is -2.20. The fourth-order valence-corrected chi connectivity index (χ4v) is 7.32. The van der Waals surface area contributed by atoms with Gasteiger partial charge >= 0.3 is 0 Å². The van der Waals surface area contributed by atoms with E-state index in [-0.39, 0.29) is 23.0 Å². The molecule has 1 amide bonds. The minimum atomic E-state index is -3.83. The quantitative estimate of drug-likeness (QED) is 0.840. The Morgan fingerprint density at radius 1 is 1.22 bits per heavy atom. The molecule has 1 heterocycles. The first kappa shape index (κ1) is 17.9. The van der Waals surface area contributed by atoms with Crippen molar-refractivity contribution in [2.75, 3.05) is 11.5 Å². The highest BCUT2D eigenvalue weighted by molar-refractivity contribution is 7.96. The highest BCUT2D eigenvalue weighted by Crippen LogP contribution is 2.26. The van der Waals surface area contributed by atoms with E-state index in [2.05, 4.69) is 5.32 Å². The van der Waals surface area contributed by atoms with Crippen LogP contribution in [0.3, 0.4) is 0 Å². The summed E-state index contributed by atoms with van der Waals surface area (Å²) in [5.74, 6) is -1.11. The van der Waals surface area contributed by atoms with Crippen molar-refractivity contribution in [1.82, 2.24) is 5.32 Å². The number of sulfone groups is 2. The molecule has 2 atom stereocenters. The molecular formula is C15H21NO5S2. The molecular weight excluding hydrogens is 338 g/mol. The fraction of sp³-hybridized carbons (Fsp3) is 0.533. The number of carbonyl (C=O) groups excluding carboxylic acids is 1. The van der Waals surface area contributed by atoms with E-state index >= 15 is 0 Å². The largest absolute Gasteiger partial charge is 0.351 e. The molecule has 1 fully saturated rings. The maximum absolute atomic E-state index is 12.8. The fourth-order valence-electron chi connectivity index (χ4n) is 2.66. The SMILES string of the molecule is CCCC(=O)NC1CS(=O)(=O)CC1S(=O)(=O)c1ccc(C)cc1. The lowest BCUT2D eigenvalue weighted by molar-refractivity contribution is -0.121. The van der Waals surface area contributed by atoms with Gasteiger partial charge in [0.15, 0.2) is 19.7 Å². The maximum atomic E-state index is 12.8. The van der Waals surface area contributed by atoms with Gasteiger partial charge in [-0.05, 0) is 25.5 Å². The standard InChI is InChI=1S/C15H21NO5S2/c1-3-4-15(17)16-13-9-22(18,19)10-14(13)23(20,21)12-7-5-11(2)6-8-12/h5-8,13-14H,3-4,9-10H2,1-2H3,(H,16,17). The number of hydrogen-bond donors (Lipinski definition) is 1. The summed E-state index contributed by atoms with van der Waals surface area (Å²) in [6, 6.07) is 5.38. The summed E-state index contributed by atoms with van der Waals surface area (Å²) >= 11 is 0. The van der Waals surface area contributed by atoms with E-state index in [1.165, 1.54) is 12.1 Å². The zero-order chi connectivity index (χ0) is 17.3. The molecule has 0 bridgehead atoms. The molecule has 0 radical (unpaired) electrons. The molecule has 8 heteroatoms. The average Bonchev–Trinajstić information content (AvgIpc) is 2.75. The zero-order valence-corrected chi connectivity index (χ0v) is 14.8. The molecule has 6 nitrogen and oxygen atoms in total. The van der Waals surface area contributed by atoms with E-state index in [9.17, 15) is 21.6 Å². The Bertz CT molecular complexity index is 782. The van der Waals surface area contributed by atoms with E-state index in [1.807, 2.05) is 13.8 Å². The van der Waals surface area contributed by atoms with Gasteiger partial charge in [0.2, 0.25) is 5.91 Å². The van der Waals surface area contributed by atoms with Crippen molar-refractivity contribution in [2.45, 2.75) is 42.9 Å². The summed E-state index contributed by atoms with van der Waals surface area (Å²) in [6.07, 6.45) is 0.856. The molecule has 2 rings (SSSR count). The number of nitrogens with one attached hydrogen (secondary N) is 1. The summed E-state index contributed by atoms with van der Waals surface area (Å²) < 4.78 is 49.3. The molecule has 1 aliphatic rings. The molecule has 0 aromatic heterocycles. The first-order valence-electron chi connectivity index (χ1n) is 7.46. The number of hydrogen-bond acceptors (Lipinski definition) is 5. The average molecular weight is 359 g/mol. The summed E-state index contributed by atoms with van der Waals surface area (Å²) in [4.78, 5) is 11.8. The van der Waals surface area contributed by atoms with Gasteiger partial charge in [0, 0.05) is 6.42 Å². The van der Waals surface area contributed by atoms with Crippen LogP contribution < -0.4 is 5.32 Å². The number of amides is 1. The summed E-state index contributed by atoms with van der Waals surface area (Å²) in [5, 5.41) is 1.43. The van der Waals surface area contributed by atoms with E-state index < -0.39 is 36.7 Å². The third-order valence-corrected chi connectivity index (χ3v) is 8.04. The first-order valence-corrected chi connectivity index (χ1v) is 10.8. The summed E-state index contributed by atoms with van der Waals surface area (Å²) in [7, 11) is -7.33. The number of benzene rings is 1. The van der Waals surface area contributed by atoms with Gasteiger partial charge in [-0.3, -0.25) is 4.79 Å². The number of carbonyl (C=O) groups is 1. The van der Waals surface area contributed by atoms with Gasteiger partial charge in [0.05, 0.1) is 22.4 Å². The van der Waals surface area contributed by atoms with Crippen molar-refractivity contribution in [2.24, 2.45) is 0 Å². The third-order valence-electron chi connectivity index (χ3n) is 3.87. The van der Waals surface area contributed by atoms with Crippen LogP contribution >= 0.6 is 0 Å². The van der Waals surface area contributed by atoms with Crippen LogP contribution in [0.2, 0.25) is 0 Å². The second-order valence-corrected chi connectivity index (χ2v) is 10.2. The predicted molar refractivity (Wildman–Crippen MR) is 87.6 cm³/mol. The smallest absolute Gasteiger partial charge is 0.220 e. The van der Waals surface area contributed by atoms with Crippen LogP contribution in [0.4, 0.5) is 0 Å². The van der Waals surface area contributed by atoms with Crippen LogP contribution in [0.15, 0.2) is 29.2 Å². The molecule has 23 heavy (non-hydrogen) atoms. The van der Waals surface area contributed by atoms with E-state index in [0.717, 1.165) is 5.56 Å². The van der Waals surface area contributed by atoms with Gasteiger partial charge in [-0.2, -0.15) is 0 Å². The number of rotatable bonds is 5. The molecule has 0 saturated carbocycles. The first-order chi connectivity index (χ1) is 10.7. The molecule has 1 N–H and O–H groups in total. The Labute approximate surface area is 137 Å². The predicted octanol–water partition coefficient (Wildman–Crippen LogP) is 0.851. The molecule has 128 valence electrons. The van der Waals surface area contributed by atoms with Gasteiger partial charge in [-0.25, -0.2) is 16.8 Å². The van der Waals surface area contributed by atoms with E-state index in [4.69, 9.17) is 0 Å². The van der Waals surface area contributed by atoms with Crippen LogP contribution in [-0.2, 0) is 24.5 Å². The Kier molecular flexibility index (Phi) is 5.15. The minimum absolute atomic E-state index is 0.0833. The third kappa shape index (κ3) is 4.11. The zero-order valence-electron chi connectivity index (χ0n) is 13.2. The Hall–Kier alpha value is -1.41. The van der Waals surface area contributed by atoms with Gasteiger partial charge in [-0.15, -0.1) is 0 Å². The molecule has 2 unspecified atom stereocenters. The second kappa shape index (κ2) is 6.60. The van der Waals surface area contributed by atoms with Crippen LogP contribution in [0, 0.1) is 6.92 Å². The topological polar surface area (TPSA) is 97.4 Å². The van der Waals surface area contributed by atoms with E-state index in [0.29, 0.717) is 6.42 Å². The molecule has 1 aliphatic heterocycles. The van der Waals surface area contributed by atoms with Gasteiger partial charge in [-0.1, -0.05) is 24.6 Å². The highest BCUT2D eigenvalue weighted by atomic mass is 32.2. The van der Waals surface area contributed by atoms with Crippen LogP contribution in [0.1, 0.15) is 25.3 Å². The van der Waals surface area contributed by atoms with Crippen molar-refractivity contribution >= 4 is 25.6 Å². The Balaban J connectivity index is 2.33.